The summed E-state index contributed by atoms with van der Waals surface area (Å²) < 4.78 is 0. The van der Waals surface area contributed by atoms with Crippen LogP contribution in [0.1, 0.15) is 45.6 Å². The first-order valence-electron chi connectivity index (χ1n) is 16.4. The Labute approximate surface area is 280 Å². The molecule has 0 atom stereocenters. The zero-order chi connectivity index (χ0) is 33.4. The Morgan fingerprint density at radius 1 is 0.292 bits per heavy atom. The Morgan fingerprint density at radius 2 is 0.562 bits per heavy atom. The number of benzene rings is 4. The van der Waals surface area contributed by atoms with E-state index in [9.17, 15) is 0 Å². The van der Waals surface area contributed by atoms with E-state index in [2.05, 4.69) is 88.4 Å². The molecular weight excluding hydrogens is 589 g/mol. The van der Waals surface area contributed by atoms with E-state index in [0.29, 0.717) is 0 Å². The lowest BCUT2D eigenvalue weighted by Gasteiger charge is -2.21. The van der Waals surface area contributed by atoms with Gasteiger partial charge in [0.25, 0.3) is 0 Å². The molecule has 0 spiro atoms. The maximum Gasteiger partial charge on any atom is 0.160 e. The summed E-state index contributed by atoms with van der Waals surface area (Å²) in [6.07, 6.45) is 0. The van der Waals surface area contributed by atoms with E-state index in [1.54, 1.807) is 0 Å². The number of pyridine rings is 2. The molecule has 0 saturated heterocycles. The van der Waals surface area contributed by atoms with Gasteiger partial charge in [0.15, 0.2) is 11.6 Å². The van der Waals surface area contributed by atoms with Crippen molar-refractivity contribution in [2.45, 2.75) is 55.4 Å². The molecule has 234 valence electrons. The van der Waals surface area contributed by atoms with Crippen LogP contribution in [0.5, 0.6) is 0 Å². The predicted octanol–water partition coefficient (Wildman–Crippen LogP) is 10.1. The van der Waals surface area contributed by atoms with Gasteiger partial charge in [-0.3, -0.25) is 9.97 Å². The quantitative estimate of drug-likeness (QED) is 0.181. The topological polar surface area (TPSA) is 77.3 Å². The Morgan fingerprint density at radius 3 is 0.875 bits per heavy atom. The summed E-state index contributed by atoms with van der Waals surface area (Å²) in [7, 11) is 0. The first-order valence-corrected chi connectivity index (χ1v) is 16.4. The molecular formula is C42H36N6. The third-order valence-corrected chi connectivity index (χ3v) is 9.13. The second-order valence-corrected chi connectivity index (χ2v) is 13.2. The molecule has 0 radical (unpaired) electrons. The summed E-state index contributed by atoms with van der Waals surface area (Å²) in [5, 5.41) is 6.95. The van der Waals surface area contributed by atoms with Crippen LogP contribution in [0.3, 0.4) is 0 Å². The molecule has 0 N–H and O–H groups in total. The molecule has 8 aromatic rings. The Kier molecular flexibility index (Phi) is 6.81. The second-order valence-electron chi connectivity index (χ2n) is 13.2. The second kappa shape index (κ2) is 11.0. The molecule has 4 aromatic heterocycles. The van der Waals surface area contributed by atoms with Crippen molar-refractivity contribution in [3.63, 3.8) is 0 Å². The maximum atomic E-state index is 4.98. The molecule has 6 nitrogen and oxygen atoms in total. The minimum Gasteiger partial charge on any atom is -0.258 e. The van der Waals surface area contributed by atoms with Gasteiger partial charge in [0, 0.05) is 56.7 Å². The van der Waals surface area contributed by atoms with Gasteiger partial charge >= 0.3 is 0 Å². The summed E-state index contributed by atoms with van der Waals surface area (Å²) in [6.45, 7) is 16.4. The molecule has 0 bridgehead atoms. The molecule has 4 heterocycles. The summed E-state index contributed by atoms with van der Waals surface area (Å²) >= 11 is 0. The van der Waals surface area contributed by atoms with Crippen molar-refractivity contribution in [1.29, 1.82) is 0 Å². The molecule has 48 heavy (non-hydrogen) atoms. The van der Waals surface area contributed by atoms with Crippen LogP contribution in [-0.4, -0.2) is 29.9 Å². The van der Waals surface area contributed by atoms with Gasteiger partial charge in [-0.15, -0.1) is 0 Å². The van der Waals surface area contributed by atoms with Crippen LogP contribution in [-0.2, 0) is 0 Å². The summed E-state index contributed by atoms with van der Waals surface area (Å²) in [6, 6.07) is 26.3. The van der Waals surface area contributed by atoms with Crippen LogP contribution in [0.25, 0.3) is 77.3 Å². The van der Waals surface area contributed by atoms with E-state index in [-0.39, 0.29) is 0 Å². The number of hydrogen-bond acceptors (Lipinski definition) is 6. The molecule has 0 fully saturated rings. The molecule has 0 aliphatic heterocycles. The summed E-state index contributed by atoms with van der Waals surface area (Å²) in [5.74, 6) is 1.46. The number of rotatable bonds is 4. The lowest BCUT2D eigenvalue weighted by Crippen LogP contribution is -2.00. The van der Waals surface area contributed by atoms with Gasteiger partial charge in [-0.25, -0.2) is 19.9 Å². The highest BCUT2D eigenvalue weighted by molar-refractivity contribution is 6.31. The molecule has 0 saturated carbocycles. The van der Waals surface area contributed by atoms with Gasteiger partial charge in [0.05, 0.1) is 0 Å². The van der Waals surface area contributed by atoms with Crippen LogP contribution < -0.4 is 0 Å². The molecule has 0 amide bonds. The highest BCUT2D eigenvalue weighted by atomic mass is 14.9. The van der Waals surface area contributed by atoms with Crippen molar-refractivity contribution in [3.8, 4) is 45.0 Å². The Bertz CT molecular complexity index is 2170. The summed E-state index contributed by atoms with van der Waals surface area (Å²) in [5.41, 5.74) is 14.3. The lowest BCUT2D eigenvalue weighted by atomic mass is 9.83. The van der Waals surface area contributed by atoms with Gasteiger partial charge in [-0.05, 0) is 158 Å². The SMILES string of the molecule is Cc1cc(-c2cc(-c3nc(C)cc(C)n3)c3ccc4c(-c5cc(C)nc(C)c5)cc(-c5nc(C)cc(C)n5)c5ccc2c3c45)cc(C)n1. The van der Waals surface area contributed by atoms with Crippen molar-refractivity contribution in [2.75, 3.05) is 0 Å². The van der Waals surface area contributed by atoms with Crippen LogP contribution in [0.4, 0.5) is 0 Å². The molecule has 4 aromatic carbocycles. The highest BCUT2D eigenvalue weighted by Crippen LogP contribution is 2.48. The average molecular weight is 625 g/mol. The Hall–Kier alpha value is -5.62. The largest absolute Gasteiger partial charge is 0.258 e. The zero-order valence-corrected chi connectivity index (χ0v) is 28.6. The van der Waals surface area contributed by atoms with E-state index in [1.165, 1.54) is 21.5 Å². The zero-order valence-electron chi connectivity index (χ0n) is 28.6. The van der Waals surface area contributed by atoms with Crippen LogP contribution in [0.2, 0.25) is 0 Å². The molecule has 8 rings (SSSR count). The van der Waals surface area contributed by atoms with Gasteiger partial charge in [0.1, 0.15) is 0 Å². The fourth-order valence-corrected chi connectivity index (χ4v) is 7.51. The third kappa shape index (κ3) is 4.96. The van der Waals surface area contributed by atoms with Crippen molar-refractivity contribution >= 4 is 32.3 Å². The maximum absolute atomic E-state index is 4.98. The van der Waals surface area contributed by atoms with Crippen molar-refractivity contribution in [3.05, 3.63) is 118 Å². The van der Waals surface area contributed by atoms with Gasteiger partial charge in [-0.2, -0.15) is 0 Å². The van der Waals surface area contributed by atoms with Crippen LogP contribution >= 0.6 is 0 Å². The third-order valence-electron chi connectivity index (χ3n) is 9.13. The fourth-order valence-electron chi connectivity index (χ4n) is 7.51. The minimum absolute atomic E-state index is 0.729. The first-order chi connectivity index (χ1) is 23.0. The molecule has 0 aliphatic rings. The normalized spacial score (nSPS) is 11.8. The average Bonchev–Trinajstić information content (AvgIpc) is 3.01. The van der Waals surface area contributed by atoms with E-state index >= 15 is 0 Å². The number of aryl methyl sites for hydroxylation is 8. The van der Waals surface area contributed by atoms with Crippen LogP contribution in [0.15, 0.2) is 72.8 Å². The monoisotopic (exact) mass is 624 g/mol. The fraction of sp³-hybridized carbons (Fsp3) is 0.190. The van der Waals surface area contributed by atoms with E-state index < -0.39 is 0 Å². The van der Waals surface area contributed by atoms with Gasteiger partial charge < -0.3 is 0 Å². The smallest absolute Gasteiger partial charge is 0.160 e. The van der Waals surface area contributed by atoms with Gasteiger partial charge in [-0.1, -0.05) is 24.3 Å². The Balaban J connectivity index is 1.60. The lowest BCUT2D eigenvalue weighted by molar-refractivity contribution is 1.06. The number of hydrogen-bond donors (Lipinski definition) is 0. The van der Waals surface area contributed by atoms with Crippen molar-refractivity contribution in [2.24, 2.45) is 0 Å². The number of aromatic nitrogens is 6. The first kappa shape index (κ1) is 29.8. The minimum atomic E-state index is 0.729. The van der Waals surface area contributed by atoms with Gasteiger partial charge in [0.2, 0.25) is 0 Å². The van der Waals surface area contributed by atoms with E-state index in [1.807, 2.05) is 39.8 Å². The molecule has 0 unspecified atom stereocenters. The van der Waals surface area contributed by atoms with E-state index in [0.717, 1.165) is 101 Å². The standard InChI is InChI=1S/C42H36N6/c1-21-13-22(2)46-41(45-21)37-19-35(29-15-25(5)43-26(6)16-29)31-10-12-34-38(42-47-23(3)14-24(4)48-42)20-36(30-17-27(7)44-28(8)18-30)32-9-11-33(37)39(31)40(32)34/h9-20H,1-8H3. The van der Waals surface area contributed by atoms with Crippen molar-refractivity contribution < 1.29 is 0 Å². The highest BCUT2D eigenvalue weighted by Gasteiger charge is 2.23. The van der Waals surface area contributed by atoms with Crippen molar-refractivity contribution in [1.82, 2.24) is 29.9 Å². The molecule has 0 aliphatic carbocycles. The number of nitrogens with zero attached hydrogens (tertiary/aromatic N) is 6. The van der Waals surface area contributed by atoms with E-state index in [4.69, 9.17) is 29.9 Å². The van der Waals surface area contributed by atoms with Crippen LogP contribution in [0, 0.1) is 55.4 Å². The predicted molar refractivity (Wildman–Crippen MR) is 197 cm³/mol. The molecule has 6 heteroatoms. The summed E-state index contributed by atoms with van der Waals surface area (Å²) in [4.78, 5) is 29.3.